The molecule has 0 unspecified atom stereocenters. The minimum absolute atomic E-state index is 0.0177. The van der Waals surface area contributed by atoms with Crippen molar-refractivity contribution in [3.63, 3.8) is 0 Å². The van der Waals surface area contributed by atoms with E-state index in [1.807, 2.05) is 11.0 Å². The zero-order valence-corrected chi connectivity index (χ0v) is 19.8. The van der Waals surface area contributed by atoms with Crippen molar-refractivity contribution in [2.45, 2.75) is 24.8 Å². The normalized spacial score (nSPS) is 21.2. The van der Waals surface area contributed by atoms with Gasteiger partial charge in [-0.15, -0.1) is 0 Å². The molecule has 0 spiro atoms. The first-order valence-corrected chi connectivity index (χ1v) is 11.7. The molecular formula is C24H26Cl2FN3O3. The van der Waals surface area contributed by atoms with Gasteiger partial charge in [0, 0.05) is 32.0 Å². The first-order valence-electron chi connectivity index (χ1n) is 11.0. The number of carbonyl (C=O) groups excluding carboxylic acids is 2. The number of likely N-dealkylation sites (tertiary alicyclic amines) is 1. The first-order chi connectivity index (χ1) is 15.8. The molecule has 0 aliphatic carbocycles. The smallest absolute Gasteiger partial charge is 0.410 e. The van der Waals surface area contributed by atoms with Crippen LogP contribution in [0.4, 0.5) is 9.18 Å². The highest BCUT2D eigenvalue weighted by Crippen LogP contribution is 2.35. The van der Waals surface area contributed by atoms with E-state index in [2.05, 4.69) is 5.32 Å². The van der Waals surface area contributed by atoms with Gasteiger partial charge in [0.1, 0.15) is 11.6 Å². The van der Waals surface area contributed by atoms with Gasteiger partial charge in [-0.3, -0.25) is 4.79 Å². The van der Waals surface area contributed by atoms with Crippen LogP contribution in [-0.4, -0.2) is 61.1 Å². The van der Waals surface area contributed by atoms with Gasteiger partial charge in [-0.2, -0.15) is 0 Å². The SMILES string of the molecule is CN(C(=O)Oc1ccc(F)cc1)[C@H]1CN(C(=O)C2CCNCC2)C[C@@H]1c1ccc(Cl)c(Cl)c1. The maximum absolute atomic E-state index is 13.2. The lowest BCUT2D eigenvalue weighted by Crippen LogP contribution is -2.44. The molecule has 2 heterocycles. The number of likely N-dealkylation sites (N-methyl/N-ethyl adjacent to an activating group) is 1. The second-order valence-corrected chi connectivity index (χ2v) is 9.36. The van der Waals surface area contributed by atoms with Gasteiger partial charge in [0.25, 0.3) is 0 Å². The Kier molecular flexibility index (Phi) is 7.41. The van der Waals surface area contributed by atoms with Crippen LogP contribution in [0.3, 0.4) is 0 Å². The maximum Gasteiger partial charge on any atom is 0.415 e. The number of nitrogens with zero attached hydrogens (tertiary/aromatic N) is 2. The van der Waals surface area contributed by atoms with E-state index < -0.39 is 11.9 Å². The fourth-order valence-corrected chi connectivity index (χ4v) is 4.87. The fourth-order valence-electron chi connectivity index (χ4n) is 4.57. The number of piperidine rings is 1. The van der Waals surface area contributed by atoms with E-state index in [1.54, 1.807) is 19.2 Å². The largest absolute Gasteiger partial charge is 0.415 e. The van der Waals surface area contributed by atoms with Crippen LogP contribution < -0.4 is 10.1 Å². The molecule has 0 aromatic heterocycles. The number of hydrogen-bond acceptors (Lipinski definition) is 4. The summed E-state index contributed by atoms with van der Waals surface area (Å²) < 4.78 is 18.6. The predicted octanol–water partition coefficient (Wildman–Crippen LogP) is 4.56. The summed E-state index contributed by atoms with van der Waals surface area (Å²) in [7, 11) is 1.65. The van der Waals surface area contributed by atoms with Gasteiger partial charge in [0.15, 0.2) is 0 Å². The van der Waals surface area contributed by atoms with Gasteiger partial charge in [-0.1, -0.05) is 29.3 Å². The van der Waals surface area contributed by atoms with E-state index in [0.717, 1.165) is 31.5 Å². The average Bonchev–Trinajstić information content (AvgIpc) is 3.27. The van der Waals surface area contributed by atoms with Crippen LogP contribution in [-0.2, 0) is 4.79 Å². The molecule has 0 saturated carbocycles. The number of halogens is 3. The van der Waals surface area contributed by atoms with Crippen molar-refractivity contribution in [2.75, 3.05) is 33.2 Å². The van der Waals surface area contributed by atoms with Gasteiger partial charge >= 0.3 is 6.09 Å². The minimum Gasteiger partial charge on any atom is -0.410 e. The van der Waals surface area contributed by atoms with E-state index >= 15 is 0 Å². The molecule has 0 radical (unpaired) electrons. The Labute approximate surface area is 202 Å². The standard InChI is InChI=1S/C24H26Cl2FN3O3/c1-29(24(32)33-18-5-3-17(27)4-6-18)22-14-30(23(31)15-8-10-28-11-9-15)13-19(22)16-2-7-20(25)21(26)12-16/h2-7,12,15,19,22,28H,8-11,13-14H2,1H3/t19-,22+/m1/s1. The van der Waals surface area contributed by atoms with Crippen LogP contribution in [0.25, 0.3) is 0 Å². The van der Waals surface area contributed by atoms with Crippen molar-refractivity contribution in [1.82, 2.24) is 15.1 Å². The van der Waals surface area contributed by atoms with Gasteiger partial charge in [0.05, 0.1) is 16.1 Å². The summed E-state index contributed by atoms with van der Waals surface area (Å²) in [6.07, 6.45) is 1.03. The van der Waals surface area contributed by atoms with Crippen LogP contribution in [0.15, 0.2) is 42.5 Å². The molecule has 176 valence electrons. The molecule has 6 nitrogen and oxygen atoms in total. The molecule has 4 rings (SSSR count). The van der Waals surface area contributed by atoms with E-state index in [0.29, 0.717) is 23.1 Å². The molecule has 9 heteroatoms. The summed E-state index contributed by atoms with van der Waals surface area (Å²) in [4.78, 5) is 29.5. The van der Waals surface area contributed by atoms with Gasteiger partial charge in [-0.25, -0.2) is 9.18 Å². The van der Waals surface area contributed by atoms with Crippen LogP contribution in [0.2, 0.25) is 10.0 Å². The Bertz CT molecular complexity index is 1010. The summed E-state index contributed by atoms with van der Waals surface area (Å²) in [5.74, 6) is -0.220. The molecule has 2 aliphatic rings. The molecule has 2 aliphatic heterocycles. The van der Waals surface area contributed by atoms with Crippen LogP contribution in [0.1, 0.15) is 24.3 Å². The highest BCUT2D eigenvalue weighted by molar-refractivity contribution is 6.42. The average molecular weight is 494 g/mol. The van der Waals surface area contributed by atoms with Crippen molar-refractivity contribution in [1.29, 1.82) is 0 Å². The van der Waals surface area contributed by atoms with Gasteiger partial charge in [-0.05, 0) is 67.9 Å². The number of nitrogens with one attached hydrogen (secondary N) is 1. The molecular weight excluding hydrogens is 468 g/mol. The third kappa shape index (κ3) is 5.42. The second kappa shape index (κ2) is 10.3. The van der Waals surface area contributed by atoms with Crippen molar-refractivity contribution in [3.05, 3.63) is 63.9 Å². The van der Waals surface area contributed by atoms with Crippen molar-refractivity contribution < 1.29 is 18.7 Å². The predicted molar refractivity (Wildman–Crippen MR) is 125 cm³/mol. The number of ether oxygens (including phenoxy) is 1. The lowest BCUT2D eigenvalue weighted by atomic mass is 9.93. The lowest BCUT2D eigenvalue weighted by molar-refractivity contribution is -0.135. The zero-order chi connectivity index (χ0) is 23.5. The maximum atomic E-state index is 13.2. The summed E-state index contributed by atoms with van der Waals surface area (Å²) in [6.45, 7) is 2.52. The number of amides is 2. The Balaban J connectivity index is 1.55. The summed E-state index contributed by atoms with van der Waals surface area (Å²) in [6, 6.07) is 10.3. The first kappa shape index (κ1) is 23.8. The highest BCUT2D eigenvalue weighted by atomic mass is 35.5. The summed E-state index contributed by atoms with van der Waals surface area (Å²) >= 11 is 12.4. The van der Waals surface area contributed by atoms with Crippen LogP contribution in [0.5, 0.6) is 5.75 Å². The molecule has 2 aromatic carbocycles. The lowest BCUT2D eigenvalue weighted by Gasteiger charge is -2.29. The van der Waals surface area contributed by atoms with Crippen molar-refractivity contribution in [3.8, 4) is 5.75 Å². The van der Waals surface area contributed by atoms with Gasteiger partial charge < -0.3 is 19.9 Å². The zero-order valence-electron chi connectivity index (χ0n) is 18.3. The number of rotatable bonds is 4. The molecule has 0 bridgehead atoms. The summed E-state index contributed by atoms with van der Waals surface area (Å²) in [5.41, 5.74) is 0.899. The van der Waals surface area contributed by atoms with Crippen LogP contribution in [0, 0.1) is 11.7 Å². The Morgan fingerprint density at radius 1 is 1.06 bits per heavy atom. The van der Waals surface area contributed by atoms with Crippen molar-refractivity contribution in [2.24, 2.45) is 5.92 Å². The molecule has 2 fully saturated rings. The van der Waals surface area contributed by atoms with Crippen LogP contribution >= 0.6 is 23.2 Å². The topological polar surface area (TPSA) is 61.9 Å². The monoisotopic (exact) mass is 493 g/mol. The second-order valence-electron chi connectivity index (χ2n) is 8.55. The Hall–Kier alpha value is -2.35. The molecule has 2 atom stereocenters. The quantitative estimate of drug-likeness (QED) is 0.678. The molecule has 33 heavy (non-hydrogen) atoms. The molecule has 2 aromatic rings. The molecule has 1 N–H and O–H groups in total. The molecule has 2 amide bonds. The highest BCUT2D eigenvalue weighted by Gasteiger charge is 2.42. The third-order valence-corrected chi connectivity index (χ3v) is 7.20. The third-order valence-electron chi connectivity index (χ3n) is 6.47. The fraction of sp³-hybridized carbons (Fsp3) is 0.417. The van der Waals surface area contributed by atoms with E-state index in [-0.39, 0.29) is 29.5 Å². The van der Waals surface area contributed by atoms with Crippen molar-refractivity contribution >= 4 is 35.2 Å². The number of benzene rings is 2. The minimum atomic E-state index is -0.576. The Morgan fingerprint density at radius 2 is 1.76 bits per heavy atom. The number of carbonyl (C=O) groups is 2. The van der Waals surface area contributed by atoms with E-state index in [9.17, 15) is 14.0 Å². The Morgan fingerprint density at radius 3 is 2.42 bits per heavy atom. The van der Waals surface area contributed by atoms with E-state index in [1.165, 1.54) is 29.2 Å². The summed E-state index contributed by atoms with van der Waals surface area (Å²) in [5, 5.41) is 4.15. The van der Waals surface area contributed by atoms with Gasteiger partial charge in [0.2, 0.25) is 5.91 Å². The number of hydrogen-bond donors (Lipinski definition) is 1. The molecule has 2 saturated heterocycles. The van der Waals surface area contributed by atoms with E-state index in [4.69, 9.17) is 27.9 Å².